The molecule has 284 valence electrons. The zero-order valence-corrected chi connectivity index (χ0v) is 32.8. The maximum absolute atomic E-state index is 8.47. The topological polar surface area (TPSA) is 3.24 Å². The SMILES string of the molecule is [2H]C([2H])=C([2H])c1cc(C([2H])=C([2H])[2H])cc(-c2ccc(N(c3ccc4c(c3)C(c3ccccc3)(c3ccccc3)c3ccccc3-4)c3ccc(-c4ccccc4)cc3-c3ccccc3)cc2)c1. The minimum absolute atomic E-state index is 0.268. The van der Waals surface area contributed by atoms with Crippen molar-refractivity contribution < 1.29 is 8.22 Å². The summed E-state index contributed by atoms with van der Waals surface area (Å²) >= 11 is 0. The lowest BCUT2D eigenvalue weighted by atomic mass is 9.67. The van der Waals surface area contributed by atoms with Gasteiger partial charge in [0.1, 0.15) is 0 Å². The lowest BCUT2D eigenvalue weighted by Crippen LogP contribution is -2.28. The van der Waals surface area contributed by atoms with E-state index in [9.17, 15) is 0 Å². The summed E-state index contributed by atoms with van der Waals surface area (Å²) in [5.41, 5.74) is 15.6. The third kappa shape index (κ3) is 6.29. The summed E-state index contributed by atoms with van der Waals surface area (Å²) in [6.45, 7) is -1.32. The normalized spacial score (nSPS) is 13.5. The van der Waals surface area contributed by atoms with E-state index in [-0.39, 0.29) is 23.2 Å². The van der Waals surface area contributed by atoms with Crippen molar-refractivity contribution in [1.29, 1.82) is 0 Å². The molecule has 1 aliphatic rings. The highest BCUT2D eigenvalue weighted by molar-refractivity contribution is 5.94. The second-order valence-electron chi connectivity index (χ2n) is 15.2. The van der Waals surface area contributed by atoms with Crippen LogP contribution in [0.15, 0.2) is 238 Å². The molecule has 9 aromatic rings. The number of anilines is 3. The van der Waals surface area contributed by atoms with Crippen LogP contribution in [-0.2, 0) is 5.41 Å². The van der Waals surface area contributed by atoms with Crippen molar-refractivity contribution in [1.82, 2.24) is 0 Å². The van der Waals surface area contributed by atoms with E-state index >= 15 is 0 Å². The molecule has 0 bridgehead atoms. The molecule has 0 amide bonds. The molecular weight excluding hydrogens is 723 g/mol. The summed E-state index contributed by atoms with van der Waals surface area (Å²) in [5.74, 6) is 0. The number of rotatable bonds is 10. The van der Waals surface area contributed by atoms with Crippen LogP contribution < -0.4 is 4.90 Å². The molecule has 0 radical (unpaired) electrons. The van der Waals surface area contributed by atoms with Gasteiger partial charge in [-0.2, -0.15) is 0 Å². The van der Waals surface area contributed by atoms with Crippen LogP contribution in [0.4, 0.5) is 17.1 Å². The van der Waals surface area contributed by atoms with Gasteiger partial charge in [-0.15, -0.1) is 0 Å². The lowest BCUT2D eigenvalue weighted by Gasteiger charge is -2.35. The number of fused-ring (bicyclic) bond motifs is 3. The lowest BCUT2D eigenvalue weighted by molar-refractivity contribution is 0.768. The quantitative estimate of drug-likeness (QED) is 0.134. The first-order valence-corrected chi connectivity index (χ1v) is 20.2. The van der Waals surface area contributed by atoms with Gasteiger partial charge in [0, 0.05) is 16.9 Å². The van der Waals surface area contributed by atoms with Crippen molar-refractivity contribution in [3.05, 3.63) is 271 Å². The van der Waals surface area contributed by atoms with Gasteiger partial charge >= 0.3 is 0 Å². The van der Waals surface area contributed by atoms with E-state index in [0.29, 0.717) is 5.56 Å². The molecule has 0 heterocycles. The monoisotopic (exact) mass is 771 g/mol. The second kappa shape index (κ2) is 15.5. The van der Waals surface area contributed by atoms with Crippen molar-refractivity contribution in [2.45, 2.75) is 5.41 Å². The predicted molar refractivity (Wildman–Crippen MR) is 255 cm³/mol. The maximum atomic E-state index is 8.47. The molecule has 1 nitrogen and oxygen atoms in total. The Bertz CT molecular complexity index is 3200. The molecule has 0 spiro atoms. The van der Waals surface area contributed by atoms with Crippen molar-refractivity contribution in [2.75, 3.05) is 4.90 Å². The molecule has 0 unspecified atom stereocenters. The summed E-state index contributed by atoms with van der Waals surface area (Å²) in [4.78, 5) is 2.32. The number of benzene rings is 9. The van der Waals surface area contributed by atoms with Gasteiger partial charge in [0.25, 0.3) is 0 Å². The Hall–Kier alpha value is -7.74. The fraction of sp³-hybridized carbons (Fsp3) is 0.0169. The fourth-order valence-electron chi connectivity index (χ4n) is 9.13. The molecule has 10 rings (SSSR count). The molecule has 0 saturated carbocycles. The van der Waals surface area contributed by atoms with Crippen LogP contribution in [0, 0.1) is 0 Å². The minimum atomic E-state index is -0.662. The smallest absolute Gasteiger partial charge is 0.0714 e. The Morgan fingerprint density at radius 2 is 0.900 bits per heavy atom. The van der Waals surface area contributed by atoms with Crippen LogP contribution in [0.3, 0.4) is 0 Å². The van der Waals surface area contributed by atoms with E-state index in [4.69, 9.17) is 8.22 Å². The number of hydrogen-bond acceptors (Lipinski definition) is 1. The van der Waals surface area contributed by atoms with Crippen LogP contribution in [0.2, 0.25) is 0 Å². The standard InChI is InChI=1S/C59H43N/c1-3-42-37-43(4-2)39-48(38-42)45-29-32-51(33-30-45)60(58-36-31-47(44-19-9-5-10-20-44)40-55(58)46-21-11-6-12-22-46)52-34-35-54-53-27-17-18-28-56(53)59(57(54)41-52,49-23-13-7-14-24-49)50-25-15-8-16-26-50/h3-41H,1-2H2/i1D2,2D2,3D,4D. The number of nitrogens with zero attached hydrogens (tertiary/aromatic N) is 1. The highest BCUT2D eigenvalue weighted by Crippen LogP contribution is 2.57. The first kappa shape index (κ1) is 30.4. The maximum Gasteiger partial charge on any atom is 0.0714 e. The molecule has 0 fully saturated rings. The summed E-state index contributed by atoms with van der Waals surface area (Å²) in [6.07, 6.45) is 0. The van der Waals surface area contributed by atoms with Crippen LogP contribution in [0.25, 0.3) is 56.6 Å². The predicted octanol–water partition coefficient (Wildman–Crippen LogP) is 15.8. The van der Waals surface area contributed by atoms with Gasteiger partial charge in [-0.05, 0) is 127 Å². The van der Waals surface area contributed by atoms with Crippen LogP contribution in [-0.4, -0.2) is 0 Å². The average Bonchev–Trinajstić information content (AvgIpc) is 3.67. The van der Waals surface area contributed by atoms with Gasteiger partial charge < -0.3 is 4.90 Å². The minimum Gasteiger partial charge on any atom is -0.310 e. The first-order valence-electron chi connectivity index (χ1n) is 23.2. The van der Waals surface area contributed by atoms with Gasteiger partial charge in [-0.25, -0.2) is 0 Å². The zero-order chi connectivity index (χ0) is 45.4. The van der Waals surface area contributed by atoms with E-state index in [1.54, 1.807) is 12.1 Å². The average molecular weight is 772 g/mol. The van der Waals surface area contributed by atoms with Crippen LogP contribution in [0.1, 0.15) is 41.6 Å². The highest BCUT2D eigenvalue weighted by Gasteiger charge is 2.46. The molecule has 0 N–H and O–H groups in total. The Morgan fingerprint density at radius 1 is 0.383 bits per heavy atom. The molecule has 9 aromatic carbocycles. The zero-order valence-electron chi connectivity index (χ0n) is 38.8. The van der Waals surface area contributed by atoms with E-state index in [2.05, 4.69) is 187 Å². The van der Waals surface area contributed by atoms with E-state index in [1.807, 2.05) is 24.3 Å². The third-order valence-electron chi connectivity index (χ3n) is 11.8. The Balaban J connectivity index is 1.22. The van der Waals surface area contributed by atoms with Crippen molar-refractivity contribution >= 4 is 29.2 Å². The van der Waals surface area contributed by atoms with E-state index in [1.165, 1.54) is 39.4 Å². The van der Waals surface area contributed by atoms with E-state index < -0.39 is 18.5 Å². The summed E-state index contributed by atoms with van der Waals surface area (Å²) in [6, 6.07) is 77.2. The van der Waals surface area contributed by atoms with Gasteiger partial charge in [-0.1, -0.05) is 195 Å². The van der Waals surface area contributed by atoms with Gasteiger partial charge in [0.2, 0.25) is 0 Å². The molecule has 0 atom stereocenters. The van der Waals surface area contributed by atoms with Crippen molar-refractivity contribution in [3.8, 4) is 44.5 Å². The van der Waals surface area contributed by atoms with Crippen molar-refractivity contribution in [3.63, 3.8) is 0 Å². The molecular formula is C59H43N. The summed E-state index contributed by atoms with van der Waals surface area (Å²) in [5, 5.41) is 0. The first-order chi connectivity index (χ1) is 32.2. The third-order valence-corrected chi connectivity index (χ3v) is 11.8. The Kier molecular flexibility index (Phi) is 7.87. The Morgan fingerprint density at radius 3 is 1.53 bits per heavy atom. The van der Waals surface area contributed by atoms with Crippen molar-refractivity contribution in [2.24, 2.45) is 0 Å². The number of hydrogen-bond donors (Lipinski definition) is 0. The largest absolute Gasteiger partial charge is 0.310 e. The molecule has 60 heavy (non-hydrogen) atoms. The van der Waals surface area contributed by atoms with Gasteiger partial charge in [-0.3, -0.25) is 0 Å². The second-order valence-corrected chi connectivity index (χ2v) is 15.2. The Labute approximate surface area is 362 Å². The highest BCUT2D eigenvalue weighted by atomic mass is 15.1. The van der Waals surface area contributed by atoms with Crippen LogP contribution in [0.5, 0.6) is 0 Å². The molecule has 1 heteroatoms. The van der Waals surface area contributed by atoms with Gasteiger partial charge in [0.05, 0.1) is 19.3 Å². The summed E-state index contributed by atoms with van der Waals surface area (Å²) < 4.78 is 48.4. The fourth-order valence-corrected chi connectivity index (χ4v) is 9.13. The molecule has 0 aliphatic heterocycles. The summed E-state index contributed by atoms with van der Waals surface area (Å²) in [7, 11) is 0. The molecule has 0 aromatic heterocycles. The molecule has 0 saturated heterocycles. The van der Waals surface area contributed by atoms with E-state index in [0.717, 1.165) is 44.9 Å². The van der Waals surface area contributed by atoms with Gasteiger partial charge in [0.15, 0.2) is 0 Å². The molecule has 1 aliphatic carbocycles. The van der Waals surface area contributed by atoms with Crippen LogP contribution >= 0.6 is 0 Å².